The first-order valence-electron chi connectivity index (χ1n) is 38.1. The number of hydrogen-bond donors (Lipinski definition) is 3. The molecule has 0 aromatic heterocycles. The normalized spacial score (nSPS) is 14.6. The van der Waals surface area contributed by atoms with Crippen LogP contribution in [0.15, 0.2) is 109 Å². The summed E-state index contributed by atoms with van der Waals surface area (Å²) in [6, 6.07) is 0. The molecule has 98 heavy (non-hydrogen) atoms. The number of hydrogen-bond acceptors (Lipinski definition) is 15. The maximum atomic E-state index is 13.1. The highest BCUT2D eigenvalue weighted by Crippen LogP contribution is 2.45. The number of aliphatic hydroxyl groups is 1. The molecule has 3 N–H and O–H groups in total. The number of carbonyl (C=O) groups excluding carboxylic acids is 4. The van der Waals surface area contributed by atoms with Crippen molar-refractivity contribution in [3.8, 4) is 0 Å². The first kappa shape index (κ1) is 93.7. The average molecular weight is 1420 g/mol. The maximum Gasteiger partial charge on any atom is 0.472 e. The minimum atomic E-state index is -5.00. The fourth-order valence-electron chi connectivity index (χ4n) is 9.91. The number of esters is 4. The van der Waals surface area contributed by atoms with Gasteiger partial charge in [0.2, 0.25) is 0 Å². The summed E-state index contributed by atoms with van der Waals surface area (Å²) in [4.78, 5) is 72.8. The summed E-state index contributed by atoms with van der Waals surface area (Å²) in [5.74, 6) is -2.35. The van der Waals surface area contributed by atoms with Crippen LogP contribution in [0.4, 0.5) is 0 Å². The predicted octanol–water partition coefficient (Wildman–Crippen LogP) is 21.8. The van der Waals surface area contributed by atoms with Gasteiger partial charge in [-0.3, -0.25) is 37.3 Å². The van der Waals surface area contributed by atoms with Crippen LogP contribution < -0.4 is 0 Å². The summed E-state index contributed by atoms with van der Waals surface area (Å²) in [5, 5.41) is 10.6. The first-order chi connectivity index (χ1) is 47.7. The number of unbranched alkanes of at least 4 members (excludes halogenated alkanes) is 28. The molecule has 0 aromatic carbocycles. The summed E-state index contributed by atoms with van der Waals surface area (Å²) >= 11 is 0. The Bertz CT molecular complexity index is 2290. The van der Waals surface area contributed by atoms with E-state index in [0.29, 0.717) is 25.7 Å². The van der Waals surface area contributed by atoms with Crippen molar-refractivity contribution >= 4 is 39.5 Å². The van der Waals surface area contributed by atoms with E-state index in [1.165, 1.54) is 77.0 Å². The van der Waals surface area contributed by atoms with Gasteiger partial charge in [0, 0.05) is 19.3 Å². The van der Waals surface area contributed by atoms with Gasteiger partial charge in [-0.05, 0) is 128 Å². The second-order valence-electron chi connectivity index (χ2n) is 25.2. The van der Waals surface area contributed by atoms with Crippen LogP contribution in [0.5, 0.6) is 0 Å². The molecule has 0 saturated carbocycles. The van der Waals surface area contributed by atoms with Gasteiger partial charge in [0.15, 0.2) is 12.2 Å². The Labute approximate surface area is 594 Å². The van der Waals surface area contributed by atoms with Crippen LogP contribution in [0.3, 0.4) is 0 Å². The van der Waals surface area contributed by atoms with E-state index in [9.17, 15) is 43.2 Å². The van der Waals surface area contributed by atoms with Crippen molar-refractivity contribution in [2.24, 2.45) is 0 Å². The lowest BCUT2D eigenvalue weighted by atomic mass is 10.1. The third kappa shape index (κ3) is 70.2. The molecular weight excluding hydrogens is 1280 g/mol. The second kappa shape index (κ2) is 71.1. The van der Waals surface area contributed by atoms with Crippen LogP contribution in [0.1, 0.15) is 310 Å². The fourth-order valence-corrected chi connectivity index (χ4v) is 11.5. The summed E-state index contributed by atoms with van der Waals surface area (Å²) in [6.45, 7) is 4.54. The number of aliphatic hydroxyl groups excluding tert-OH is 1. The van der Waals surface area contributed by atoms with Crippen LogP contribution in [-0.4, -0.2) is 96.7 Å². The Hall–Kier alpha value is -4.28. The molecule has 19 heteroatoms. The molecule has 0 bridgehead atoms. The smallest absolute Gasteiger partial charge is 0.462 e. The lowest BCUT2D eigenvalue weighted by molar-refractivity contribution is -0.161. The van der Waals surface area contributed by atoms with Crippen LogP contribution >= 0.6 is 15.6 Å². The first-order valence-corrected chi connectivity index (χ1v) is 41.1. The molecule has 0 heterocycles. The standard InChI is InChI=1S/C79H136O17P2/c1-5-9-13-17-21-25-29-33-36-40-43-47-51-55-59-63-76(81)89-69-74(95-78(83)65-61-57-53-49-45-39-32-28-24-20-16-12-8-4)71-93-97(85,86)91-67-73(80)68-92-98(87,88)94-72-75(96-79(84)66-62-58-54-50-46-42-38-35-31-27-23-19-15-11-7-3)70-90-77(82)64-60-56-52-48-44-41-37-34-30-26-22-18-14-10-6-2/h9,13,16,20-21,25,28,32-38,43,47,55,59,73-75,80H,5-8,10-12,14-15,17-19,22-24,26-27,29-31,39-42,44-46,48-54,56-58,60-72H2,1-4H3,(H,85,86)(H,87,88)/b13-9-,20-16-,25-21-,32-28-,36-33-,37-34-,38-35-,47-43-,59-55-. The largest absolute Gasteiger partial charge is 0.472 e. The minimum Gasteiger partial charge on any atom is -0.462 e. The van der Waals surface area contributed by atoms with E-state index in [4.69, 9.17) is 37.0 Å². The number of phosphoric acid groups is 2. The van der Waals surface area contributed by atoms with E-state index in [-0.39, 0.29) is 25.7 Å². The van der Waals surface area contributed by atoms with Gasteiger partial charge in [-0.25, -0.2) is 9.13 Å². The van der Waals surface area contributed by atoms with Gasteiger partial charge in [-0.2, -0.15) is 0 Å². The number of ether oxygens (including phenoxy) is 4. The summed E-state index contributed by atoms with van der Waals surface area (Å²) < 4.78 is 68.3. The Morgan fingerprint density at radius 2 is 0.592 bits per heavy atom. The number of phosphoric ester groups is 2. The van der Waals surface area contributed by atoms with Gasteiger partial charge < -0.3 is 33.8 Å². The molecule has 564 valence electrons. The summed E-state index contributed by atoms with van der Waals surface area (Å²) in [7, 11) is -9.98. The molecule has 0 aromatic rings. The molecule has 0 aliphatic rings. The van der Waals surface area contributed by atoms with Crippen molar-refractivity contribution in [2.45, 2.75) is 329 Å². The summed E-state index contributed by atoms with van der Waals surface area (Å²) in [5.41, 5.74) is 0. The lowest BCUT2D eigenvalue weighted by Crippen LogP contribution is -2.30. The zero-order valence-corrected chi connectivity index (χ0v) is 63.2. The van der Waals surface area contributed by atoms with E-state index >= 15 is 0 Å². The molecule has 0 aliphatic heterocycles. The fraction of sp³-hybridized carbons (Fsp3) is 0.722. The van der Waals surface area contributed by atoms with Crippen molar-refractivity contribution in [1.82, 2.24) is 0 Å². The highest BCUT2D eigenvalue weighted by molar-refractivity contribution is 7.47. The van der Waals surface area contributed by atoms with E-state index in [1.54, 1.807) is 6.08 Å². The maximum absolute atomic E-state index is 13.1. The Morgan fingerprint density at radius 1 is 0.306 bits per heavy atom. The highest BCUT2D eigenvalue weighted by atomic mass is 31.2. The van der Waals surface area contributed by atoms with Crippen molar-refractivity contribution < 1.29 is 80.2 Å². The zero-order valence-electron chi connectivity index (χ0n) is 61.4. The van der Waals surface area contributed by atoms with Crippen molar-refractivity contribution in [3.63, 3.8) is 0 Å². The molecule has 0 aliphatic carbocycles. The molecule has 0 fully saturated rings. The third-order valence-electron chi connectivity index (χ3n) is 15.7. The van der Waals surface area contributed by atoms with Crippen LogP contribution in [0.25, 0.3) is 0 Å². The molecule has 5 unspecified atom stereocenters. The number of allylic oxidation sites excluding steroid dienone is 17. The van der Waals surface area contributed by atoms with Crippen molar-refractivity contribution in [3.05, 3.63) is 109 Å². The van der Waals surface area contributed by atoms with Gasteiger partial charge >= 0.3 is 39.5 Å². The second-order valence-corrected chi connectivity index (χ2v) is 28.1. The molecule has 0 rings (SSSR count). The van der Waals surface area contributed by atoms with E-state index in [0.717, 1.165) is 154 Å². The topological polar surface area (TPSA) is 237 Å². The molecular formula is C79H136O17P2. The van der Waals surface area contributed by atoms with Crippen LogP contribution in [0.2, 0.25) is 0 Å². The molecule has 0 saturated heterocycles. The molecule has 17 nitrogen and oxygen atoms in total. The highest BCUT2D eigenvalue weighted by Gasteiger charge is 2.30. The Kier molecular flexibility index (Phi) is 68.0. The van der Waals surface area contributed by atoms with Gasteiger partial charge in [-0.15, -0.1) is 0 Å². The van der Waals surface area contributed by atoms with Gasteiger partial charge in [0.25, 0.3) is 0 Å². The predicted molar refractivity (Wildman–Crippen MR) is 399 cm³/mol. The molecule has 0 radical (unpaired) electrons. The molecule has 0 spiro atoms. The van der Waals surface area contributed by atoms with Crippen molar-refractivity contribution in [2.75, 3.05) is 39.6 Å². The van der Waals surface area contributed by atoms with Crippen LogP contribution in [0, 0.1) is 0 Å². The quantitative estimate of drug-likeness (QED) is 0.0169. The summed E-state index contributed by atoms with van der Waals surface area (Å²) in [6.07, 6.45) is 75.4. The Morgan fingerprint density at radius 3 is 0.959 bits per heavy atom. The van der Waals surface area contributed by atoms with Crippen LogP contribution in [-0.2, 0) is 65.4 Å². The van der Waals surface area contributed by atoms with Gasteiger partial charge in [0.05, 0.1) is 32.8 Å². The average Bonchev–Trinajstić information content (AvgIpc) is 0.959. The number of rotatable bonds is 71. The monoisotopic (exact) mass is 1420 g/mol. The molecule has 5 atom stereocenters. The van der Waals surface area contributed by atoms with E-state index < -0.39 is 97.5 Å². The zero-order chi connectivity index (χ0) is 71.8. The van der Waals surface area contributed by atoms with E-state index in [1.807, 2.05) is 18.2 Å². The number of carbonyl (C=O) groups is 4. The van der Waals surface area contributed by atoms with Crippen molar-refractivity contribution in [1.29, 1.82) is 0 Å². The minimum absolute atomic E-state index is 0.0576. The van der Waals surface area contributed by atoms with E-state index in [2.05, 4.69) is 113 Å². The Balaban J connectivity index is 5.42. The van der Waals surface area contributed by atoms with Gasteiger partial charge in [0.1, 0.15) is 19.3 Å². The SMILES string of the molecule is CC/C=C\C/C=C\C/C=C\C/C=C\C/C=C\CC(=O)OCC(COP(=O)(O)OCC(O)COP(=O)(O)OCC(COC(=O)CCCCCCC/C=C\CCCCCCCC)OC(=O)CCCCCCC/C=C\CCCCCCCC)OC(=O)CCCCCCC/C=C\C/C=C\CCC. The lowest BCUT2D eigenvalue weighted by Gasteiger charge is -2.21. The third-order valence-corrected chi connectivity index (χ3v) is 17.6. The van der Waals surface area contributed by atoms with Gasteiger partial charge in [-0.1, -0.05) is 265 Å². The molecule has 0 amide bonds.